The molecule has 0 unspecified atom stereocenters. The number of aromatic carboxylic acids is 2. The summed E-state index contributed by atoms with van der Waals surface area (Å²) in [7, 11) is 0. The Bertz CT molecular complexity index is 3990. The Morgan fingerprint density at radius 3 is 1.27 bits per heavy atom. The van der Waals surface area contributed by atoms with E-state index in [1.165, 1.54) is 72.8 Å². The monoisotopic (exact) mass is 1390 g/mol. The van der Waals surface area contributed by atoms with Crippen LogP contribution in [0.1, 0.15) is 144 Å². The third-order valence-electron chi connectivity index (χ3n) is 15.9. The van der Waals surface area contributed by atoms with Gasteiger partial charge in [0.2, 0.25) is 11.8 Å². The molecule has 4 aromatic carbocycles. The van der Waals surface area contributed by atoms with Gasteiger partial charge in [-0.3, -0.25) is 28.8 Å². The zero-order valence-corrected chi connectivity index (χ0v) is 56.4. The Kier molecular flexibility index (Phi) is 32.3. The van der Waals surface area contributed by atoms with Gasteiger partial charge in [-0.15, -0.1) is 23.2 Å². The lowest BCUT2D eigenvalue weighted by Gasteiger charge is -2.17. The van der Waals surface area contributed by atoms with Gasteiger partial charge in [0.25, 0.3) is 11.8 Å². The smallest absolute Gasteiger partial charge is 0.336 e. The predicted molar refractivity (Wildman–Crippen MR) is 376 cm³/mol. The number of hydrogen-bond acceptors (Lipinski definition) is 16. The van der Waals surface area contributed by atoms with Crippen molar-refractivity contribution in [2.45, 2.75) is 103 Å². The first-order valence-corrected chi connectivity index (χ1v) is 34.3. The number of phenolic OH excluding ortho intramolecular Hbond substituents is 2. The number of alkyl halides is 2. The number of halogens is 2. The summed E-state index contributed by atoms with van der Waals surface area (Å²) >= 11 is 11.3. The highest BCUT2D eigenvalue weighted by molar-refractivity contribution is 6.18. The molecule has 0 radical (unpaired) electrons. The number of fused-ring (bicyclic) bond motifs is 4. The van der Waals surface area contributed by atoms with Gasteiger partial charge in [-0.1, -0.05) is 44.6 Å². The van der Waals surface area contributed by atoms with Crippen LogP contribution in [0.25, 0.3) is 66.8 Å². The van der Waals surface area contributed by atoms with Gasteiger partial charge >= 0.3 is 11.9 Å². The average Bonchev–Trinajstić information content (AvgIpc) is 0.756. The van der Waals surface area contributed by atoms with Gasteiger partial charge in [0.1, 0.15) is 34.2 Å². The molecule has 4 aliphatic rings. The minimum Gasteiger partial charge on any atom is -0.508 e. The summed E-state index contributed by atoms with van der Waals surface area (Å²) in [6.07, 6.45) is 13.4. The molecular weight excluding hydrogens is 1300 g/mol. The molecular formula is C74H86Cl2N4O18. The quantitative estimate of drug-likeness (QED) is 0.0100. The van der Waals surface area contributed by atoms with Crippen LogP contribution in [0.5, 0.6) is 11.5 Å². The van der Waals surface area contributed by atoms with E-state index in [1.807, 2.05) is 0 Å². The average molecular weight is 1390 g/mol. The van der Waals surface area contributed by atoms with E-state index >= 15 is 0 Å². The Morgan fingerprint density at radius 2 is 0.796 bits per heavy atom. The molecule has 0 fully saturated rings. The van der Waals surface area contributed by atoms with Gasteiger partial charge in [-0.05, 0) is 141 Å². The molecule has 0 bridgehead atoms. The molecule has 524 valence electrons. The topological polar surface area (TPSA) is 329 Å². The highest BCUT2D eigenvalue weighted by atomic mass is 35.5. The fourth-order valence-electron chi connectivity index (χ4n) is 10.9. The molecule has 0 saturated heterocycles. The number of aromatic hydroxyl groups is 2. The van der Waals surface area contributed by atoms with Crippen molar-refractivity contribution >= 4 is 80.7 Å². The van der Waals surface area contributed by atoms with Crippen LogP contribution in [0.15, 0.2) is 128 Å². The third-order valence-corrected chi connectivity index (χ3v) is 16.4. The molecule has 98 heavy (non-hydrogen) atoms. The van der Waals surface area contributed by atoms with Crippen molar-refractivity contribution in [3.05, 3.63) is 152 Å². The number of carboxylic acids is 2. The minimum atomic E-state index is -1.23. The number of hydrogen-bond donors (Lipinski definition) is 8. The second-order valence-corrected chi connectivity index (χ2v) is 24.0. The first kappa shape index (κ1) is 76.5. The fraction of sp³-hybridized carbons (Fsp3) is 0.405. The predicted octanol–water partition coefficient (Wildman–Crippen LogP) is 12.4. The summed E-state index contributed by atoms with van der Waals surface area (Å²) in [6, 6.07) is 26.1. The van der Waals surface area contributed by atoms with E-state index in [2.05, 4.69) is 21.3 Å². The van der Waals surface area contributed by atoms with Crippen LogP contribution >= 0.6 is 23.2 Å². The highest BCUT2D eigenvalue weighted by Crippen LogP contribution is 2.44. The van der Waals surface area contributed by atoms with Gasteiger partial charge in [0.05, 0.1) is 50.8 Å². The van der Waals surface area contributed by atoms with Crippen molar-refractivity contribution in [3.8, 4) is 56.4 Å². The van der Waals surface area contributed by atoms with E-state index in [4.69, 9.17) is 51.0 Å². The summed E-state index contributed by atoms with van der Waals surface area (Å²) in [5.41, 5.74) is 2.81. The molecule has 0 aromatic heterocycles. The summed E-state index contributed by atoms with van der Waals surface area (Å²) < 4.78 is 33.8. The third kappa shape index (κ3) is 24.3. The Morgan fingerprint density at radius 1 is 0.378 bits per heavy atom. The number of amides is 4. The second kappa shape index (κ2) is 41.4. The Labute approximate surface area is 578 Å². The first-order valence-electron chi connectivity index (χ1n) is 33.2. The molecule has 22 nitrogen and oxygen atoms in total. The van der Waals surface area contributed by atoms with E-state index in [9.17, 15) is 58.8 Å². The molecule has 4 aromatic rings. The fourth-order valence-corrected chi connectivity index (χ4v) is 11.3. The van der Waals surface area contributed by atoms with Crippen LogP contribution in [-0.2, 0) is 28.5 Å². The second-order valence-electron chi connectivity index (χ2n) is 23.3. The van der Waals surface area contributed by atoms with Gasteiger partial charge in [0.15, 0.2) is 10.9 Å². The van der Waals surface area contributed by atoms with Crippen molar-refractivity contribution in [1.82, 2.24) is 21.3 Å². The van der Waals surface area contributed by atoms with Crippen LogP contribution in [0.4, 0.5) is 0 Å². The number of nitrogens with one attached hydrogen (secondary N) is 4. The molecule has 2 aliphatic carbocycles. The zero-order chi connectivity index (χ0) is 70.0. The molecule has 0 atom stereocenters. The standard InChI is InChI=1S/2C37H43ClN2O9/c38-15-5-1-2-7-18-47-20-21-48-19-17-39-34(43)8-4-3-6-16-40-36(44)25-9-12-28(37(45)46)31(22-25)35-29-13-10-26(41)23-32(29)49-33-24-27(42)11-14-30(33)35;38-15-5-1-2-7-18-47-20-21-48-19-17-39-34(43)8-4-3-6-16-40-36(44)25-9-12-28(31(22-25)37(45)46)35-29-13-10-26(41)23-32(29)49-33-24-27(42)11-14-30(33)35/h2*9-14,22-24,41H,1-8,15-21H2,(H,39,43)(H,40,44)(H,45,46). The zero-order valence-electron chi connectivity index (χ0n) is 54.9. The minimum absolute atomic E-state index is 0.0383. The largest absolute Gasteiger partial charge is 0.508 e. The number of benzene rings is 6. The summed E-state index contributed by atoms with van der Waals surface area (Å²) in [5.74, 6) is -1.57. The van der Waals surface area contributed by atoms with Gasteiger partial charge in [-0.25, -0.2) is 9.59 Å². The first-order chi connectivity index (χ1) is 47.6. The van der Waals surface area contributed by atoms with Crippen LogP contribution in [-0.4, -0.2) is 147 Å². The van der Waals surface area contributed by atoms with Crippen LogP contribution in [0.3, 0.4) is 0 Å². The summed E-state index contributed by atoms with van der Waals surface area (Å²) in [4.78, 5) is 99.1. The number of ether oxygens (including phenoxy) is 4. The molecule has 0 saturated carbocycles. The number of phenols is 2. The van der Waals surface area contributed by atoms with Gasteiger partial charge < -0.3 is 69.5 Å². The molecule has 2 heterocycles. The number of carbonyl (C=O) groups is 6. The van der Waals surface area contributed by atoms with Gasteiger partial charge in [-0.2, -0.15) is 0 Å². The maximum absolute atomic E-state index is 13.1. The molecule has 8 rings (SSSR count). The SMILES string of the molecule is O=C(CCCCCNC(=O)c1ccc(-c2c3ccc(=O)cc-3oc3cc(O)ccc23)c(C(=O)O)c1)NCCOCCOCCCCCCCl.O=C(CCCCCNC(=O)c1ccc(C(=O)O)c(-c2c3ccc(=O)cc-3oc3cc(O)ccc23)c1)NCCOCCOCCCCCCCl. The summed E-state index contributed by atoms with van der Waals surface area (Å²) in [6.45, 7) is 5.91. The molecule has 8 N–H and O–H groups in total. The highest BCUT2D eigenvalue weighted by Gasteiger charge is 2.26. The number of carboxylic acid groups (broad SMARTS) is 2. The lowest BCUT2D eigenvalue weighted by Crippen LogP contribution is -2.27. The van der Waals surface area contributed by atoms with E-state index in [0.717, 1.165) is 64.2 Å². The number of rotatable bonds is 42. The number of carbonyl (C=O) groups excluding carboxylic acids is 4. The molecule has 2 aliphatic heterocycles. The van der Waals surface area contributed by atoms with E-state index in [1.54, 1.807) is 36.4 Å². The van der Waals surface area contributed by atoms with Crippen LogP contribution < -0.4 is 32.1 Å². The van der Waals surface area contributed by atoms with Crippen molar-refractivity contribution in [2.75, 3.05) is 90.8 Å². The molecule has 4 amide bonds. The van der Waals surface area contributed by atoms with Crippen molar-refractivity contribution in [1.29, 1.82) is 0 Å². The normalized spacial score (nSPS) is 11.2. The lowest BCUT2D eigenvalue weighted by molar-refractivity contribution is -0.122. The Balaban J connectivity index is 0.000000276. The van der Waals surface area contributed by atoms with Crippen molar-refractivity contribution in [3.63, 3.8) is 0 Å². The van der Waals surface area contributed by atoms with Gasteiger partial charge in [0, 0.05) is 132 Å². The Hall–Kier alpha value is -8.90. The van der Waals surface area contributed by atoms with Crippen molar-refractivity contribution < 1.29 is 77.0 Å². The maximum atomic E-state index is 13.1. The van der Waals surface area contributed by atoms with Crippen molar-refractivity contribution in [2.24, 2.45) is 0 Å². The van der Waals surface area contributed by atoms with Crippen LogP contribution in [0.2, 0.25) is 0 Å². The summed E-state index contributed by atoms with van der Waals surface area (Å²) in [5, 5.41) is 52.6. The van der Waals surface area contributed by atoms with Crippen LogP contribution in [0, 0.1) is 0 Å². The van der Waals surface area contributed by atoms with E-state index < -0.39 is 17.8 Å². The number of unbranched alkanes of at least 4 members (excludes halogenated alkanes) is 10. The molecule has 24 heteroatoms. The lowest BCUT2D eigenvalue weighted by atomic mass is 9.89. The molecule has 0 spiro atoms. The van der Waals surface area contributed by atoms with E-state index in [-0.39, 0.29) is 90.6 Å². The van der Waals surface area contributed by atoms with E-state index in [0.29, 0.717) is 168 Å². The maximum Gasteiger partial charge on any atom is 0.336 e.